The molecule has 0 aliphatic carbocycles. The zero-order valence-corrected chi connectivity index (χ0v) is 17.8. The SMILES string of the molecule is Cc1ccc2ccc([C@@H](Nc3cccc(C)[nH+]3)c3ccc(N(C)C)cc3)c(O)c2n1. The fourth-order valence-electron chi connectivity index (χ4n) is 3.65. The van der Waals surface area contributed by atoms with Gasteiger partial charge in [-0.05, 0) is 44.2 Å². The van der Waals surface area contributed by atoms with E-state index in [9.17, 15) is 5.11 Å². The third kappa shape index (κ3) is 3.92. The van der Waals surface area contributed by atoms with Gasteiger partial charge in [0, 0.05) is 48.1 Å². The number of pyridine rings is 2. The number of nitrogens with zero attached hydrogens (tertiary/aromatic N) is 2. The number of aromatic hydroxyl groups is 1. The quantitative estimate of drug-likeness (QED) is 0.513. The van der Waals surface area contributed by atoms with E-state index in [-0.39, 0.29) is 11.8 Å². The lowest BCUT2D eigenvalue weighted by atomic mass is 9.95. The van der Waals surface area contributed by atoms with Crippen LogP contribution in [0.3, 0.4) is 0 Å². The molecule has 2 aromatic carbocycles. The lowest BCUT2D eigenvalue weighted by molar-refractivity contribution is -0.371. The van der Waals surface area contributed by atoms with Crippen molar-refractivity contribution < 1.29 is 10.1 Å². The fraction of sp³-hybridized carbons (Fsp3) is 0.200. The van der Waals surface area contributed by atoms with Crippen molar-refractivity contribution in [3.05, 3.63) is 89.2 Å². The van der Waals surface area contributed by atoms with E-state index in [1.54, 1.807) is 0 Å². The molecule has 0 aliphatic heterocycles. The van der Waals surface area contributed by atoms with Crippen molar-refractivity contribution in [3.63, 3.8) is 0 Å². The van der Waals surface area contributed by atoms with E-state index < -0.39 is 0 Å². The van der Waals surface area contributed by atoms with Crippen LogP contribution in [0.5, 0.6) is 5.75 Å². The first kappa shape index (κ1) is 19.7. The van der Waals surface area contributed by atoms with Gasteiger partial charge in [0.1, 0.15) is 17.3 Å². The van der Waals surface area contributed by atoms with Crippen LogP contribution in [-0.2, 0) is 0 Å². The van der Waals surface area contributed by atoms with Gasteiger partial charge in [0.15, 0.2) is 0 Å². The van der Waals surface area contributed by atoms with Crippen LogP contribution >= 0.6 is 0 Å². The van der Waals surface area contributed by atoms with E-state index in [2.05, 4.69) is 44.5 Å². The Balaban J connectivity index is 1.84. The second-order valence-electron chi connectivity index (χ2n) is 7.84. The molecule has 4 rings (SSSR count). The molecule has 0 fully saturated rings. The van der Waals surface area contributed by atoms with Crippen molar-refractivity contribution in [1.82, 2.24) is 4.98 Å². The monoisotopic (exact) mass is 399 g/mol. The number of H-pyrrole nitrogens is 1. The van der Waals surface area contributed by atoms with Gasteiger partial charge in [-0.3, -0.25) is 5.32 Å². The molecule has 0 bridgehead atoms. The zero-order valence-electron chi connectivity index (χ0n) is 17.8. The summed E-state index contributed by atoms with van der Waals surface area (Å²) < 4.78 is 0. The molecular weight excluding hydrogens is 372 g/mol. The summed E-state index contributed by atoms with van der Waals surface area (Å²) in [7, 11) is 4.05. The van der Waals surface area contributed by atoms with Crippen LogP contribution in [-0.4, -0.2) is 24.2 Å². The number of rotatable bonds is 5. The number of aromatic amines is 1. The third-order valence-electron chi connectivity index (χ3n) is 5.30. The zero-order chi connectivity index (χ0) is 21.3. The highest BCUT2D eigenvalue weighted by molar-refractivity contribution is 5.86. The second kappa shape index (κ2) is 8.03. The molecule has 152 valence electrons. The minimum Gasteiger partial charge on any atom is -0.505 e. The van der Waals surface area contributed by atoms with Crippen molar-refractivity contribution in [2.45, 2.75) is 19.9 Å². The maximum atomic E-state index is 11.2. The van der Waals surface area contributed by atoms with Crippen LogP contribution in [0.2, 0.25) is 0 Å². The predicted octanol–water partition coefficient (Wildman–Crippen LogP) is 4.64. The average Bonchev–Trinajstić information content (AvgIpc) is 2.73. The summed E-state index contributed by atoms with van der Waals surface area (Å²) in [5.74, 6) is 1.09. The van der Waals surface area contributed by atoms with Crippen molar-refractivity contribution in [2.24, 2.45) is 0 Å². The molecule has 5 nitrogen and oxygen atoms in total. The van der Waals surface area contributed by atoms with Gasteiger partial charge in [-0.25, -0.2) is 9.97 Å². The molecule has 2 aromatic heterocycles. The third-order valence-corrected chi connectivity index (χ3v) is 5.30. The number of anilines is 2. The maximum absolute atomic E-state index is 11.2. The standard InChI is InChI=1S/C25H26N4O/c1-16-6-5-7-22(26-16)28-23(18-10-13-20(14-11-18)29(3)4)21-15-12-19-9-8-17(2)27-24(19)25(21)30/h5-15,23,30H,1-4H3,(H,26,28)/p+1/t23-/m0/s1. The van der Waals surface area contributed by atoms with E-state index in [1.807, 2.05) is 70.4 Å². The summed E-state index contributed by atoms with van der Waals surface area (Å²) in [4.78, 5) is 10.0. The lowest BCUT2D eigenvalue weighted by Gasteiger charge is -2.19. The normalized spacial score (nSPS) is 12.0. The summed E-state index contributed by atoms with van der Waals surface area (Å²) in [6, 6.07) is 22.1. The molecular formula is C25H27N4O+. The van der Waals surface area contributed by atoms with E-state index in [4.69, 9.17) is 0 Å². The highest BCUT2D eigenvalue weighted by Gasteiger charge is 2.24. The maximum Gasteiger partial charge on any atom is 0.273 e. The van der Waals surface area contributed by atoms with Gasteiger partial charge < -0.3 is 10.0 Å². The smallest absolute Gasteiger partial charge is 0.273 e. The number of phenols is 1. The van der Waals surface area contributed by atoms with Crippen LogP contribution < -0.4 is 15.2 Å². The Labute approximate surface area is 177 Å². The molecule has 3 N–H and O–H groups in total. The molecule has 0 unspecified atom stereocenters. The van der Waals surface area contributed by atoms with E-state index in [0.717, 1.165) is 39.4 Å². The van der Waals surface area contributed by atoms with Gasteiger partial charge in [-0.15, -0.1) is 0 Å². The highest BCUT2D eigenvalue weighted by Crippen LogP contribution is 2.36. The summed E-state index contributed by atoms with van der Waals surface area (Å²) in [5, 5.41) is 15.6. The first-order valence-corrected chi connectivity index (χ1v) is 10.0. The number of hydrogen-bond donors (Lipinski definition) is 2. The van der Waals surface area contributed by atoms with Gasteiger partial charge in [0.25, 0.3) is 5.82 Å². The highest BCUT2D eigenvalue weighted by atomic mass is 16.3. The number of benzene rings is 2. The fourth-order valence-corrected chi connectivity index (χ4v) is 3.65. The number of hydrogen-bond acceptors (Lipinski definition) is 4. The number of fused-ring (bicyclic) bond motifs is 1. The van der Waals surface area contributed by atoms with Gasteiger partial charge in [0.05, 0.1) is 5.69 Å². The van der Waals surface area contributed by atoms with Crippen LogP contribution in [0, 0.1) is 13.8 Å². The van der Waals surface area contributed by atoms with Crippen molar-refractivity contribution in [2.75, 3.05) is 24.3 Å². The minimum atomic E-state index is -0.244. The molecule has 0 saturated carbocycles. The Kier molecular flexibility index (Phi) is 5.27. The molecule has 1 atom stereocenters. The van der Waals surface area contributed by atoms with Gasteiger partial charge >= 0.3 is 0 Å². The van der Waals surface area contributed by atoms with E-state index in [0.29, 0.717) is 5.52 Å². The molecule has 5 heteroatoms. The Morgan fingerprint density at radius 2 is 1.67 bits per heavy atom. The Morgan fingerprint density at radius 3 is 2.37 bits per heavy atom. The Hall–Kier alpha value is -3.60. The summed E-state index contributed by atoms with van der Waals surface area (Å²) in [5.41, 5.74) is 5.52. The summed E-state index contributed by atoms with van der Waals surface area (Å²) >= 11 is 0. The van der Waals surface area contributed by atoms with Crippen LogP contribution in [0.25, 0.3) is 10.9 Å². The molecule has 0 saturated heterocycles. The largest absolute Gasteiger partial charge is 0.505 e. The Morgan fingerprint density at radius 1 is 0.933 bits per heavy atom. The molecule has 2 heterocycles. The number of aryl methyl sites for hydroxylation is 2. The van der Waals surface area contributed by atoms with E-state index >= 15 is 0 Å². The van der Waals surface area contributed by atoms with Crippen LogP contribution in [0.1, 0.15) is 28.6 Å². The van der Waals surface area contributed by atoms with E-state index in [1.165, 1.54) is 0 Å². The summed E-state index contributed by atoms with van der Waals surface area (Å²) in [6.07, 6.45) is 0. The molecule has 0 spiro atoms. The minimum absolute atomic E-state index is 0.207. The summed E-state index contributed by atoms with van der Waals surface area (Å²) in [6.45, 7) is 3.95. The first-order chi connectivity index (χ1) is 14.4. The van der Waals surface area contributed by atoms with Gasteiger partial charge in [-0.2, -0.15) is 0 Å². The lowest BCUT2D eigenvalue weighted by Crippen LogP contribution is -2.21. The van der Waals surface area contributed by atoms with Crippen LogP contribution in [0.4, 0.5) is 11.5 Å². The van der Waals surface area contributed by atoms with Gasteiger partial charge in [0.2, 0.25) is 0 Å². The molecule has 0 aliphatic rings. The predicted molar refractivity (Wildman–Crippen MR) is 122 cm³/mol. The molecule has 0 amide bonds. The van der Waals surface area contributed by atoms with Crippen molar-refractivity contribution in [3.8, 4) is 5.75 Å². The van der Waals surface area contributed by atoms with Crippen molar-refractivity contribution >= 4 is 22.4 Å². The molecule has 30 heavy (non-hydrogen) atoms. The molecule has 0 radical (unpaired) electrons. The number of nitrogens with one attached hydrogen (secondary N) is 2. The number of phenolic OH excluding ortho intramolecular Hbond substituents is 1. The second-order valence-corrected chi connectivity index (χ2v) is 7.84. The number of aromatic nitrogens is 2. The van der Waals surface area contributed by atoms with Gasteiger partial charge in [-0.1, -0.05) is 30.3 Å². The molecule has 4 aromatic rings. The first-order valence-electron chi connectivity index (χ1n) is 10.0. The van der Waals surface area contributed by atoms with Crippen LogP contribution in [0.15, 0.2) is 66.7 Å². The average molecular weight is 400 g/mol. The Bertz CT molecular complexity index is 1190. The topological polar surface area (TPSA) is 62.5 Å². The van der Waals surface area contributed by atoms with Crippen molar-refractivity contribution in [1.29, 1.82) is 0 Å².